The molecule has 8 rings (SSSR count). The zero-order chi connectivity index (χ0) is 25.1. The SMILES string of the molecule is c1ccc(-c2cc3c4ccccc4n(-c4ccc(-n5c6ccccc6c6ccccc65)cc4)c3cn2)cc1. The first-order valence-corrected chi connectivity index (χ1v) is 12.9. The Labute approximate surface area is 219 Å². The second-order valence-corrected chi connectivity index (χ2v) is 9.69. The van der Waals surface area contributed by atoms with Crippen LogP contribution in [0.2, 0.25) is 0 Å². The zero-order valence-corrected chi connectivity index (χ0v) is 20.6. The summed E-state index contributed by atoms with van der Waals surface area (Å²) in [7, 11) is 0. The van der Waals surface area contributed by atoms with Crippen LogP contribution in [0.15, 0.2) is 140 Å². The van der Waals surface area contributed by atoms with Gasteiger partial charge in [-0.2, -0.15) is 0 Å². The van der Waals surface area contributed by atoms with E-state index in [4.69, 9.17) is 4.98 Å². The van der Waals surface area contributed by atoms with Crippen molar-refractivity contribution in [3.8, 4) is 22.6 Å². The van der Waals surface area contributed by atoms with E-state index in [-0.39, 0.29) is 0 Å². The van der Waals surface area contributed by atoms with Gasteiger partial charge in [0.2, 0.25) is 0 Å². The van der Waals surface area contributed by atoms with Crippen LogP contribution in [-0.2, 0) is 0 Å². The van der Waals surface area contributed by atoms with E-state index in [0.717, 1.165) is 28.1 Å². The van der Waals surface area contributed by atoms with Crippen molar-refractivity contribution >= 4 is 43.6 Å². The molecular formula is C35H23N3. The molecule has 0 aliphatic rings. The summed E-state index contributed by atoms with van der Waals surface area (Å²) < 4.78 is 4.68. The zero-order valence-electron chi connectivity index (χ0n) is 20.6. The molecule has 8 aromatic rings. The molecule has 0 spiro atoms. The van der Waals surface area contributed by atoms with Gasteiger partial charge in [0, 0.05) is 38.5 Å². The molecule has 0 saturated carbocycles. The Morgan fingerprint density at radius 1 is 0.395 bits per heavy atom. The van der Waals surface area contributed by atoms with E-state index in [2.05, 4.69) is 137 Å². The van der Waals surface area contributed by atoms with Gasteiger partial charge in [-0.15, -0.1) is 0 Å². The van der Waals surface area contributed by atoms with Crippen LogP contribution in [-0.4, -0.2) is 14.1 Å². The normalized spacial score (nSPS) is 11.7. The quantitative estimate of drug-likeness (QED) is 0.245. The number of para-hydroxylation sites is 3. The van der Waals surface area contributed by atoms with E-state index in [1.165, 1.54) is 38.1 Å². The van der Waals surface area contributed by atoms with E-state index in [1.807, 2.05) is 12.3 Å². The first-order chi connectivity index (χ1) is 18.9. The lowest BCUT2D eigenvalue weighted by atomic mass is 10.1. The molecule has 0 saturated heterocycles. The molecule has 0 N–H and O–H groups in total. The van der Waals surface area contributed by atoms with Gasteiger partial charge in [-0.1, -0.05) is 84.9 Å². The fourth-order valence-electron chi connectivity index (χ4n) is 5.86. The standard InChI is InChI=1S/C35H23N3/c1-2-10-24(11-3-1)31-22-30-29-14-6-9-17-34(29)38(35(30)23-36-31)26-20-18-25(19-21-26)37-32-15-7-4-12-27(32)28-13-5-8-16-33(28)37/h1-23H. The summed E-state index contributed by atoms with van der Waals surface area (Å²) in [5.41, 5.74) is 9.11. The molecule has 38 heavy (non-hydrogen) atoms. The molecule has 0 bridgehead atoms. The molecule has 5 aromatic carbocycles. The Morgan fingerprint density at radius 3 is 1.39 bits per heavy atom. The maximum Gasteiger partial charge on any atom is 0.0724 e. The lowest BCUT2D eigenvalue weighted by Crippen LogP contribution is -1.97. The molecule has 3 heteroatoms. The van der Waals surface area contributed by atoms with Crippen molar-refractivity contribution in [1.29, 1.82) is 0 Å². The van der Waals surface area contributed by atoms with Gasteiger partial charge in [-0.25, -0.2) is 0 Å². The summed E-state index contributed by atoms with van der Waals surface area (Å²) in [6.07, 6.45) is 2.01. The van der Waals surface area contributed by atoms with Crippen molar-refractivity contribution in [3.63, 3.8) is 0 Å². The predicted molar refractivity (Wildman–Crippen MR) is 158 cm³/mol. The van der Waals surface area contributed by atoms with Gasteiger partial charge in [0.15, 0.2) is 0 Å². The van der Waals surface area contributed by atoms with Crippen LogP contribution in [0.1, 0.15) is 0 Å². The summed E-state index contributed by atoms with van der Waals surface area (Å²) in [4.78, 5) is 4.86. The Balaban J connectivity index is 1.32. The van der Waals surface area contributed by atoms with E-state index in [1.54, 1.807) is 0 Å². The van der Waals surface area contributed by atoms with Crippen molar-refractivity contribution in [3.05, 3.63) is 140 Å². The fourth-order valence-corrected chi connectivity index (χ4v) is 5.86. The third-order valence-electron chi connectivity index (χ3n) is 7.57. The first-order valence-electron chi connectivity index (χ1n) is 12.9. The van der Waals surface area contributed by atoms with Crippen molar-refractivity contribution in [2.24, 2.45) is 0 Å². The molecule has 0 aliphatic heterocycles. The predicted octanol–water partition coefficient (Wildman–Crippen LogP) is 8.94. The molecule has 3 nitrogen and oxygen atoms in total. The van der Waals surface area contributed by atoms with Crippen LogP contribution in [0.3, 0.4) is 0 Å². The second-order valence-electron chi connectivity index (χ2n) is 9.69. The number of hydrogen-bond donors (Lipinski definition) is 0. The van der Waals surface area contributed by atoms with Crippen molar-refractivity contribution in [2.75, 3.05) is 0 Å². The summed E-state index contributed by atoms with van der Waals surface area (Å²) in [5, 5.41) is 4.99. The van der Waals surface area contributed by atoms with Gasteiger partial charge in [0.05, 0.1) is 34.0 Å². The number of rotatable bonds is 3. The third kappa shape index (κ3) is 3.06. The van der Waals surface area contributed by atoms with Crippen molar-refractivity contribution < 1.29 is 0 Å². The fraction of sp³-hybridized carbons (Fsp3) is 0. The highest BCUT2D eigenvalue weighted by Gasteiger charge is 2.15. The van der Waals surface area contributed by atoms with Gasteiger partial charge in [-0.05, 0) is 48.5 Å². The number of fused-ring (bicyclic) bond motifs is 6. The molecule has 178 valence electrons. The highest BCUT2D eigenvalue weighted by molar-refractivity contribution is 6.10. The molecule has 0 amide bonds. The second kappa shape index (κ2) is 8.19. The number of pyridine rings is 1. The minimum absolute atomic E-state index is 0.989. The van der Waals surface area contributed by atoms with Crippen LogP contribution in [0.5, 0.6) is 0 Å². The summed E-state index contributed by atoms with van der Waals surface area (Å²) in [5.74, 6) is 0. The molecule has 0 aliphatic carbocycles. The van der Waals surface area contributed by atoms with Gasteiger partial charge < -0.3 is 9.13 Å². The average Bonchev–Trinajstić information content (AvgIpc) is 3.50. The molecule has 0 radical (unpaired) electrons. The monoisotopic (exact) mass is 485 g/mol. The Hall–Kier alpha value is -5.15. The van der Waals surface area contributed by atoms with Gasteiger partial charge in [0.1, 0.15) is 0 Å². The van der Waals surface area contributed by atoms with Crippen LogP contribution in [0.4, 0.5) is 0 Å². The van der Waals surface area contributed by atoms with Crippen LogP contribution in [0, 0.1) is 0 Å². The molecule has 3 heterocycles. The highest BCUT2D eigenvalue weighted by atomic mass is 15.0. The minimum atomic E-state index is 0.989. The number of hydrogen-bond acceptors (Lipinski definition) is 1. The average molecular weight is 486 g/mol. The van der Waals surface area contributed by atoms with Gasteiger partial charge in [-0.3, -0.25) is 4.98 Å². The molecular weight excluding hydrogens is 462 g/mol. The smallest absolute Gasteiger partial charge is 0.0724 e. The van der Waals surface area contributed by atoms with E-state index < -0.39 is 0 Å². The largest absolute Gasteiger partial charge is 0.309 e. The van der Waals surface area contributed by atoms with E-state index in [0.29, 0.717) is 0 Å². The molecule has 3 aromatic heterocycles. The Bertz CT molecular complexity index is 2060. The van der Waals surface area contributed by atoms with Crippen molar-refractivity contribution in [2.45, 2.75) is 0 Å². The third-order valence-corrected chi connectivity index (χ3v) is 7.57. The van der Waals surface area contributed by atoms with Gasteiger partial charge in [0.25, 0.3) is 0 Å². The summed E-state index contributed by atoms with van der Waals surface area (Å²) >= 11 is 0. The van der Waals surface area contributed by atoms with E-state index in [9.17, 15) is 0 Å². The van der Waals surface area contributed by atoms with Crippen LogP contribution >= 0.6 is 0 Å². The highest BCUT2D eigenvalue weighted by Crippen LogP contribution is 2.35. The topological polar surface area (TPSA) is 22.8 Å². The summed E-state index contributed by atoms with van der Waals surface area (Å²) in [6.45, 7) is 0. The number of benzene rings is 5. The minimum Gasteiger partial charge on any atom is -0.309 e. The molecule has 0 atom stereocenters. The van der Waals surface area contributed by atoms with E-state index >= 15 is 0 Å². The van der Waals surface area contributed by atoms with Crippen LogP contribution in [0.25, 0.3) is 66.2 Å². The molecule has 0 unspecified atom stereocenters. The Morgan fingerprint density at radius 2 is 0.842 bits per heavy atom. The maximum absolute atomic E-state index is 4.86. The number of aromatic nitrogens is 3. The van der Waals surface area contributed by atoms with Crippen LogP contribution < -0.4 is 0 Å². The lowest BCUT2D eigenvalue weighted by molar-refractivity contribution is 1.14. The Kier molecular flexibility index (Phi) is 4.52. The maximum atomic E-state index is 4.86. The van der Waals surface area contributed by atoms with Gasteiger partial charge >= 0.3 is 0 Å². The summed E-state index contributed by atoms with van der Waals surface area (Å²) in [6, 6.07) is 47.4. The first kappa shape index (κ1) is 21.0. The lowest BCUT2D eigenvalue weighted by Gasteiger charge is -2.11. The number of nitrogens with zero attached hydrogens (tertiary/aromatic N) is 3. The molecule has 0 fully saturated rings. The van der Waals surface area contributed by atoms with Crippen molar-refractivity contribution in [1.82, 2.24) is 14.1 Å².